The number of amides is 1. The average molecular weight is 291 g/mol. The fourth-order valence-electron chi connectivity index (χ4n) is 1.66. The highest BCUT2D eigenvalue weighted by Gasteiger charge is 2.11. The van der Waals surface area contributed by atoms with E-state index in [0.29, 0.717) is 5.69 Å². The zero-order valence-corrected chi connectivity index (χ0v) is 11.1. The smallest absolute Gasteiger partial charge is 0.337 e. The lowest BCUT2D eigenvalue weighted by atomic mass is 10.1. The van der Waals surface area contributed by atoms with Crippen LogP contribution in [0.1, 0.15) is 15.9 Å². The molecule has 0 bridgehead atoms. The minimum absolute atomic E-state index is 0.0478. The number of nitrogens with one attached hydrogen (secondary N) is 1. The number of nitrogens with zero attached hydrogens (tertiary/aromatic N) is 1. The number of pyridine rings is 1. The van der Waals surface area contributed by atoms with Crippen LogP contribution in [0.5, 0.6) is 0 Å². The van der Waals surface area contributed by atoms with Crippen LogP contribution in [-0.2, 0) is 11.2 Å². The number of aromatic nitrogens is 1. The molecule has 0 unspecified atom stereocenters. The Labute approximate surface area is 120 Å². The van der Waals surface area contributed by atoms with E-state index in [1.165, 1.54) is 12.1 Å². The topological polar surface area (TPSA) is 79.3 Å². The van der Waals surface area contributed by atoms with E-state index in [9.17, 15) is 9.59 Å². The molecule has 1 aromatic carbocycles. The van der Waals surface area contributed by atoms with Crippen LogP contribution in [0.2, 0.25) is 5.02 Å². The van der Waals surface area contributed by atoms with Gasteiger partial charge in [0.05, 0.1) is 17.0 Å². The van der Waals surface area contributed by atoms with Gasteiger partial charge >= 0.3 is 5.97 Å². The fourth-order valence-corrected chi connectivity index (χ4v) is 1.86. The van der Waals surface area contributed by atoms with E-state index in [2.05, 4.69) is 10.3 Å². The van der Waals surface area contributed by atoms with Gasteiger partial charge in [0.15, 0.2) is 0 Å². The highest BCUT2D eigenvalue weighted by molar-refractivity contribution is 6.33. The van der Waals surface area contributed by atoms with Gasteiger partial charge < -0.3 is 10.4 Å². The first-order chi connectivity index (χ1) is 9.56. The van der Waals surface area contributed by atoms with Crippen molar-refractivity contribution < 1.29 is 14.7 Å². The summed E-state index contributed by atoms with van der Waals surface area (Å²) in [6.45, 7) is 0. The normalized spacial score (nSPS) is 10.1. The minimum atomic E-state index is -1.14. The number of hydrogen-bond acceptors (Lipinski definition) is 3. The van der Waals surface area contributed by atoms with Crippen LogP contribution in [0.15, 0.2) is 42.7 Å². The summed E-state index contributed by atoms with van der Waals surface area (Å²) in [6, 6.07) is 7.80. The van der Waals surface area contributed by atoms with Crippen LogP contribution in [0, 0.1) is 0 Å². The standard InChI is InChI=1S/C14H11ClN2O3/c15-12-2-1-10(8-11(12)14(19)20)17-13(18)7-9-3-5-16-6-4-9/h1-6,8H,7H2,(H,17,18)(H,19,20). The molecule has 0 fully saturated rings. The van der Waals surface area contributed by atoms with Crippen molar-refractivity contribution in [3.8, 4) is 0 Å². The number of hydrogen-bond donors (Lipinski definition) is 2. The summed E-state index contributed by atoms with van der Waals surface area (Å²) in [5, 5.41) is 11.7. The predicted octanol–water partition coefficient (Wildman–Crippen LogP) is 2.61. The Morgan fingerprint density at radius 2 is 1.90 bits per heavy atom. The fraction of sp³-hybridized carbons (Fsp3) is 0.0714. The summed E-state index contributed by atoms with van der Waals surface area (Å²) in [5.41, 5.74) is 1.17. The van der Waals surface area contributed by atoms with Crippen molar-refractivity contribution in [2.24, 2.45) is 0 Å². The Balaban J connectivity index is 2.08. The second-order valence-corrected chi connectivity index (χ2v) is 4.49. The molecule has 102 valence electrons. The van der Waals surface area contributed by atoms with Crippen molar-refractivity contribution in [2.45, 2.75) is 6.42 Å². The van der Waals surface area contributed by atoms with Crippen LogP contribution >= 0.6 is 11.6 Å². The maximum atomic E-state index is 11.8. The first kappa shape index (κ1) is 14.0. The third-order valence-electron chi connectivity index (χ3n) is 2.59. The Morgan fingerprint density at radius 3 is 2.55 bits per heavy atom. The van der Waals surface area contributed by atoms with Crippen molar-refractivity contribution in [2.75, 3.05) is 5.32 Å². The van der Waals surface area contributed by atoms with E-state index in [0.717, 1.165) is 5.56 Å². The van der Waals surface area contributed by atoms with Gasteiger partial charge in [0.1, 0.15) is 0 Å². The predicted molar refractivity (Wildman–Crippen MR) is 75.0 cm³/mol. The molecular formula is C14H11ClN2O3. The molecule has 0 atom stereocenters. The van der Waals surface area contributed by atoms with Gasteiger partial charge in [0, 0.05) is 18.1 Å². The molecule has 2 N–H and O–H groups in total. The molecule has 2 aromatic rings. The summed E-state index contributed by atoms with van der Waals surface area (Å²) in [7, 11) is 0. The maximum absolute atomic E-state index is 11.8. The maximum Gasteiger partial charge on any atom is 0.337 e. The molecule has 1 aromatic heterocycles. The molecule has 0 spiro atoms. The van der Waals surface area contributed by atoms with E-state index < -0.39 is 5.97 Å². The zero-order chi connectivity index (χ0) is 14.5. The summed E-state index contributed by atoms with van der Waals surface area (Å²) in [6.07, 6.45) is 3.40. The highest BCUT2D eigenvalue weighted by Crippen LogP contribution is 2.20. The third kappa shape index (κ3) is 3.55. The van der Waals surface area contributed by atoms with Crippen LogP contribution < -0.4 is 5.32 Å². The van der Waals surface area contributed by atoms with Crippen LogP contribution in [-0.4, -0.2) is 22.0 Å². The Bertz CT molecular complexity index is 644. The number of anilines is 1. The van der Waals surface area contributed by atoms with Crippen LogP contribution in [0.4, 0.5) is 5.69 Å². The first-order valence-electron chi connectivity index (χ1n) is 5.78. The lowest BCUT2D eigenvalue weighted by molar-refractivity contribution is -0.115. The lowest BCUT2D eigenvalue weighted by Crippen LogP contribution is -2.14. The number of carboxylic acid groups (broad SMARTS) is 1. The Hall–Kier alpha value is -2.40. The van der Waals surface area contributed by atoms with E-state index in [4.69, 9.17) is 16.7 Å². The number of aromatic carboxylic acids is 1. The van der Waals surface area contributed by atoms with Gasteiger partial charge in [-0.1, -0.05) is 11.6 Å². The molecular weight excluding hydrogens is 280 g/mol. The summed E-state index contributed by atoms with van der Waals surface area (Å²) >= 11 is 5.76. The largest absolute Gasteiger partial charge is 0.478 e. The number of carbonyl (C=O) groups excluding carboxylic acids is 1. The molecule has 0 aliphatic rings. The average Bonchev–Trinajstić information content (AvgIpc) is 2.41. The molecule has 5 nitrogen and oxygen atoms in total. The summed E-state index contributed by atoms with van der Waals surface area (Å²) < 4.78 is 0. The lowest BCUT2D eigenvalue weighted by Gasteiger charge is -2.07. The Morgan fingerprint density at radius 1 is 1.20 bits per heavy atom. The third-order valence-corrected chi connectivity index (χ3v) is 2.92. The van der Waals surface area contributed by atoms with Crippen molar-refractivity contribution >= 4 is 29.2 Å². The molecule has 0 aliphatic carbocycles. The number of rotatable bonds is 4. The van der Waals surface area contributed by atoms with E-state index in [1.54, 1.807) is 30.6 Å². The van der Waals surface area contributed by atoms with Crippen molar-refractivity contribution in [3.05, 3.63) is 58.9 Å². The van der Waals surface area contributed by atoms with Gasteiger partial charge in [0.25, 0.3) is 0 Å². The van der Waals surface area contributed by atoms with Gasteiger partial charge in [0.2, 0.25) is 5.91 Å². The molecule has 0 saturated heterocycles. The van der Waals surface area contributed by atoms with Gasteiger partial charge in [-0.25, -0.2) is 4.79 Å². The molecule has 1 amide bonds. The molecule has 0 saturated carbocycles. The first-order valence-corrected chi connectivity index (χ1v) is 6.15. The molecule has 20 heavy (non-hydrogen) atoms. The zero-order valence-electron chi connectivity index (χ0n) is 10.3. The van der Waals surface area contributed by atoms with Gasteiger partial charge in [-0.2, -0.15) is 0 Å². The summed E-state index contributed by atoms with van der Waals surface area (Å²) in [5.74, 6) is -1.38. The van der Waals surface area contributed by atoms with Crippen molar-refractivity contribution in [3.63, 3.8) is 0 Å². The molecule has 1 heterocycles. The summed E-state index contributed by atoms with van der Waals surface area (Å²) in [4.78, 5) is 26.6. The molecule has 0 aliphatic heterocycles. The van der Waals surface area contributed by atoms with Gasteiger partial charge in [-0.3, -0.25) is 9.78 Å². The molecule has 6 heteroatoms. The van der Waals surface area contributed by atoms with Gasteiger partial charge in [-0.15, -0.1) is 0 Å². The SMILES string of the molecule is O=C(Cc1ccncc1)Nc1ccc(Cl)c(C(=O)O)c1. The minimum Gasteiger partial charge on any atom is -0.478 e. The second-order valence-electron chi connectivity index (χ2n) is 4.08. The monoisotopic (exact) mass is 290 g/mol. The molecule has 0 radical (unpaired) electrons. The van der Waals surface area contributed by atoms with Crippen molar-refractivity contribution in [1.82, 2.24) is 4.98 Å². The van der Waals surface area contributed by atoms with E-state index >= 15 is 0 Å². The van der Waals surface area contributed by atoms with Crippen LogP contribution in [0.3, 0.4) is 0 Å². The highest BCUT2D eigenvalue weighted by atomic mass is 35.5. The number of benzene rings is 1. The number of halogens is 1. The van der Waals surface area contributed by atoms with E-state index in [1.807, 2.05) is 0 Å². The van der Waals surface area contributed by atoms with E-state index in [-0.39, 0.29) is 22.9 Å². The second kappa shape index (κ2) is 6.16. The number of carbonyl (C=O) groups is 2. The number of carboxylic acids is 1. The van der Waals surface area contributed by atoms with Gasteiger partial charge in [-0.05, 0) is 35.9 Å². The molecule has 2 rings (SSSR count). The quantitative estimate of drug-likeness (QED) is 0.907. The Kier molecular flexibility index (Phi) is 4.32. The van der Waals surface area contributed by atoms with Crippen molar-refractivity contribution in [1.29, 1.82) is 0 Å². The van der Waals surface area contributed by atoms with Crippen LogP contribution in [0.25, 0.3) is 0 Å².